The van der Waals surface area contributed by atoms with Gasteiger partial charge in [-0.25, -0.2) is 9.48 Å². The van der Waals surface area contributed by atoms with E-state index in [2.05, 4.69) is 24.4 Å². The van der Waals surface area contributed by atoms with Crippen LogP contribution in [-0.2, 0) is 15.3 Å². The second-order valence-electron chi connectivity index (χ2n) is 8.73. The van der Waals surface area contributed by atoms with E-state index in [1.807, 2.05) is 63.2 Å². The summed E-state index contributed by atoms with van der Waals surface area (Å²) in [4.78, 5) is 17.9. The molecule has 4 rings (SSSR count). The molecule has 0 amide bonds. The third kappa shape index (κ3) is 6.06. The first kappa shape index (κ1) is 24.9. The molecule has 7 nitrogen and oxygen atoms in total. The highest BCUT2D eigenvalue weighted by molar-refractivity contribution is 7.98. The number of hydrogen-bond donors (Lipinski definition) is 1. The van der Waals surface area contributed by atoms with Crippen molar-refractivity contribution in [2.45, 2.75) is 63.6 Å². The largest absolute Gasteiger partial charge is 0.491 e. The van der Waals surface area contributed by atoms with E-state index in [4.69, 9.17) is 19.6 Å². The van der Waals surface area contributed by atoms with Crippen LogP contribution in [0.4, 0.5) is 5.95 Å². The summed E-state index contributed by atoms with van der Waals surface area (Å²) in [5, 5.41) is 8.71. The van der Waals surface area contributed by atoms with Crippen LogP contribution in [-0.4, -0.2) is 33.4 Å². The molecule has 8 heteroatoms. The van der Waals surface area contributed by atoms with Crippen LogP contribution in [0.5, 0.6) is 5.75 Å². The molecule has 0 bridgehead atoms. The van der Waals surface area contributed by atoms with Gasteiger partial charge >= 0.3 is 5.97 Å². The summed E-state index contributed by atoms with van der Waals surface area (Å²) in [6.07, 6.45) is 1.86. The number of nitrogens with zero attached hydrogens (tertiary/aromatic N) is 3. The number of hydrogen-bond acceptors (Lipinski definition) is 7. The zero-order valence-electron chi connectivity index (χ0n) is 20.7. The average molecular weight is 493 g/mol. The first-order valence-electron chi connectivity index (χ1n) is 12.0. The minimum atomic E-state index is -0.452. The molecule has 1 unspecified atom stereocenters. The van der Waals surface area contributed by atoms with Crippen molar-refractivity contribution in [1.29, 1.82) is 0 Å². The Bertz CT molecular complexity index is 1170. The predicted octanol–water partition coefficient (Wildman–Crippen LogP) is 5.99. The number of fused-ring (bicyclic) bond motifs is 1. The Morgan fingerprint density at radius 2 is 1.89 bits per heavy atom. The van der Waals surface area contributed by atoms with Crippen LogP contribution < -0.4 is 10.1 Å². The van der Waals surface area contributed by atoms with Gasteiger partial charge in [-0.2, -0.15) is 4.98 Å². The van der Waals surface area contributed by atoms with Crippen molar-refractivity contribution in [3.8, 4) is 5.75 Å². The zero-order valence-corrected chi connectivity index (χ0v) is 21.5. The van der Waals surface area contributed by atoms with E-state index in [-0.39, 0.29) is 12.1 Å². The number of carbonyl (C=O) groups excluding carboxylic acids is 1. The Hall–Kier alpha value is -3.26. The quantitative estimate of drug-likeness (QED) is 0.212. The smallest absolute Gasteiger partial charge is 0.338 e. The highest BCUT2D eigenvalue weighted by Gasteiger charge is 2.35. The molecular weight excluding hydrogens is 460 g/mol. The van der Waals surface area contributed by atoms with Gasteiger partial charge in [-0.15, -0.1) is 5.10 Å². The molecule has 3 aromatic rings. The fraction of sp³-hybridized carbons (Fsp3) is 0.370. The fourth-order valence-corrected chi connectivity index (χ4v) is 4.66. The normalized spacial score (nSPS) is 15.1. The molecule has 0 saturated heterocycles. The molecule has 1 aliphatic heterocycles. The molecular formula is C27H32N4O3S. The number of aromatic nitrogens is 3. The van der Waals surface area contributed by atoms with Crippen molar-refractivity contribution in [2.24, 2.45) is 0 Å². The molecule has 35 heavy (non-hydrogen) atoms. The Kier molecular flexibility index (Phi) is 8.13. The second-order valence-corrected chi connectivity index (χ2v) is 9.67. The van der Waals surface area contributed by atoms with Crippen molar-refractivity contribution >= 4 is 23.7 Å². The maximum Gasteiger partial charge on any atom is 0.338 e. The lowest BCUT2D eigenvalue weighted by Gasteiger charge is -2.28. The van der Waals surface area contributed by atoms with Gasteiger partial charge in [0.05, 0.1) is 18.3 Å². The van der Waals surface area contributed by atoms with E-state index < -0.39 is 6.04 Å². The number of allylic oxidation sites excluding steroid dienone is 1. The first-order valence-corrected chi connectivity index (χ1v) is 13.0. The summed E-state index contributed by atoms with van der Waals surface area (Å²) in [5.41, 5.74) is 3.37. The number of thioether (sulfide) groups is 1. The second kappa shape index (κ2) is 11.4. The lowest BCUT2D eigenvalue weighted by atomic mass is 9.95. The van der Waals surface area contributed by atoms with Crippen molar-refractivity contribution in [3.63, 3.8) is 0 Å². The van der Waals surface area contributed by atoms with E-state index in [1.54, 1.807) is 16.4 Å². The van der Waals surface area contributed by atoms with Gasteiger partial charge in [0.1, 0.15) is 11.8 Å². The van der Waals surface area contributed by atoms with Crippen LogP contribution in [0.1, 0.15) is 57.7 Å². The molecule has 184 valence electrons. The van der Waals surface area contributed by atoms with Gasteiger partial charge < -0.3 is 14.8 Å². The van der Waals surface area contributed by atoms with Gasteiger partial charge in [-0.1, -0.05) is 67.6 Å². The minimum absolute atomic E-state index is 0.0806. The number of anilines is 1. The third-order valence-electron chi connectivity index (χ3n) is 5.56. The lowest BCUT2D eigenvalue weighted by molar-refractivity contribution is -0.139. The number of nitrogens with one attached hydrogen (secondary N) is 1. The van der Waals surface area contributed by atoms with Crippen LogP contribution in [0, 0.1) is 0 Å². The highest BCUT2D eigenvalue weighted by Crippen LogP contribution is 2.37. The van der Waals surface area contributed by atoms with Gasteiger partial charge in [0.15, 0.2) is 0 Å². The molecule has 1 atom stereocenters. The topological polar surface area (TPSA) is 78.3 Å². The molecule has 0 fully saturated rings. The number of carbonyl (C=O) groups is 1. The molecule has 0 spiro atoms. The molecule has 0 aliphatic carbocycles. The standard InChI is InChI=1S/C27H32N4O3S/c1-5-6-16-33-25(32)23-19(4)28-26-29-27(35-17-20-10-8-7-9-11-20)30-31(26)24(23)21-12-14-22(15-13-21)34-18(2)3/h7-15,18,24H,5-6,16-17H2,1-4H3,(H,28,29,30). The minimum Gasteiger partial charge on any atom is -0.491 e. The van der Waals surface area contributed by atoms with Crippen LogP contribution in [0.15, 0.2) is 71.0 Å². The van der Waals surface area contributed by atoms with E-state index in [0.29, 0.717) is 23.3 Å². The summed E-state index contributed by atoms with van der Waals surface area (Å²) < 4.78 is 13.2. The van der Waals surface area contributed by atoms with Gasteiger partial charge in [0.2, 0.25) is 11.1 Å². The van der Waals surface area contributed by atoms with Crippen molar-refractivity contribution in [1.82, 2.24) is 14.8 Å². The fourth-order valence-electron chi connectivity index (χ4n) is 3.88. The van der Waals surface area contributed by atoms with Crippen LogP contribution in [0.2, 0.25) is 0 Å². The monoisotopic (exact) mass is 492 g/mol. The molecule has 0 saturated carbocycles. The summed E-state index contributed by atoms with van der Waals surface area (Å²) >= 11 is 1.56. The third-order valence-corrected chi connectivity index (χ3v) is 6.47. The van der Waals surface area contributed by atoms with E-state index in [1.165, 1.54) is 5.56 Å². The molecule has 2 heterocycles. The number of esters is 1. The Labute approximate surface area is 210 Å². The lowest BCUT2D eigenvalue weighted by Crippen LogP contribution is -2.29. The van der Waals surface area contributed by atoms with Gasteiger partial charge in [-0.05, 0) is 50.5 Å². The Morgan fingerprint density at radius 3 is 2.57 bits per heavy atom. The van der Waals surface area contributed by atoms with E-state index in [0.717, 1.165) is 35.6 Å². The van der Waals surface area contributed by atoms with Crippen LogP contribution >= 0.6 is 11.8 Å². The van der Waals surface area contributed by atoms with E-state index in [9.17, 15) is 4.79 Å². The molecule has 1 aromatic heterocycles. The SMILES string of the molecule is CCCCOC(=O)C1=C(C)Nc2nc(SCc3ccccc3)nn2C1c1ccc(OC(C)C)cc1. The summed E-state index contributed by atoms with van der Waals surface area (Å²) in [7, 11) is 0. The van der Waals surface area contributed by atoms with E-state index >= 15 is 0 Å². The maximum absolute atomic E-state index is 13.2. The number of unbranched alkanes of at least 4 members (excludes halogenated alkanes) is 1. The van der Waals surface area contributed by atoms with Crippen LogP contribution in [0.25, 0.3) is 0 Å². The molecule has 0 radical (unpaired) electrons. The number of benzene rings is 2. The Morgan fingerprint density at radius 1 is 1.14 bits per heavy atom. The maximum atomic E-state index is 13.2. The van der Waals surface area contributed by atoms with Crippen molar-refractivity contribution in [3.05, 3.63) is 77.0 Å². The van der Waals surface area contributed by atoms with Crippen molar-refractivity contribution < 1.29 is 14.3 Å². The average Bonchev–Trinajstić information content (AvgIpc) is 3.25. The van der Waals surface area contributed by atoms with Crippen molar-refractivity contribution in [2.75, 3.05) is 11.9 Å². The molecule has 1 N–H and O–H groups in total. The van der Waals surface area contributed by atoms with Gasteiger partial charge in [-0.3, -0.25) is 0 Å². The molecule has 2 aromatic carbocycles. The number of ether oxygens (including phenoxy) is 2. The molecule has 1 aliphatic rings. The summed E-state index contributed by atoms with van der Waals surface area (Å²) in [6.45, 7) is 8.33. The Balaban J connectivity index is 1.65. The summed E-state index contributed by atoms with van der Waals surface area (Å²) in [5.74, 6) is 1.81. The highest BCUT2D eigenvalue weighted by atomic mass is 32.2. The van der Waals surface area contributed by atoms with Gasteiger partial charge in [0.25, 0.3) is 0 Å². The number of rotatable bonds is 10. The summed E-state index contributed by atoms with van der Waals surface area (Å²) in [6, 6.07) is 17.6. The predicted molar refractivity (Wildman–Crippen MR) is 139 cm³/mol. The zero-order chi connectivity index (χ0) is 24.8. The van der Waals surface area contributed by atoms with Crippen LogP contribution in [0.3, 0.4) is 0 Å². The van der Waals surface area contributed by atoms with Gasteiger partial charge in [0, 0.05) is 11.4 Å². The first-order chi connectivity index (χ1) is 17.0.